The lowest BCUT2D eigenvalue weighted by molar-refractivity contribution is -0.456. The van der Waals surface area contributed by atoms with Crippen molar-refractivity contribution in [2.24, 2.45) is 0 Å². The molecule has 0 heterocycles. The third-order valence-corrected chi connectivity index (χ3v) is 2.63. The van der Waals surface area contributed by atoms with Gasteiger partial charge in [0.1, 0.15) is 0 Å². The first-order valence-corrected chi connectivity index (χ1v) is 5.06. The second-order valence-electron chi connectivity index (χ2n) is 4.29. The van der Waals surface area contributed by atoms with Crippen LogP contribution in [0, 0.1) is 0 Å². The molecule has 0 fully saturated rings. The Labute approximate surface area is 124 Å². The van der Waals surface area contributed by atoms with E-state index >= 15 is 0 Å². The van der Waals surface area contributed by atoms with E-state index in [4.69, 9.17) is 0 Å². The molecule has 0 aromatic heterocycles. The smallest absolute Gasteiger partial charge is 0.203 e. The van der Waals surface area contributed by atoms with Crippen molar-refractivity contribution < 1.29 is 74.6 Å². The minimum atomic E-state index is -8.54. The molecule has 0 amide bonds. The summed E-state index contributed by atoms with van der Waals surface area (Å²) in [5, 5.41) is 0. The second kappa shape index (κ2) is 5.65. The molecule has 0 aliphatic heterocycles. The van der Waals surface area contributed by atoms with Gasteiger partial charge in [-0.2, -0.15) is 65.9 Å². The van der Waals surface area contributed by atoms with Crippen LogP contribution in [0.15, 0.2) is 0 Å². The summed E-state index contributed by atoms with van der Waals surface area (Å²) in [5.74, 6) is -49.2. The van der Waals surface area contributed by atoms with Crippen LogP contribution >= 0.6 is 0 Å². The molecule has 0 unspecified atom stereocenters. The fraction of sp³-hybridized carbons (Fsp3) is 1.00. The predicted molar refractivity (Wildman–Crippen MR) is 41.7 cm³/mol. The summed E-state index contributed by atoms with van der Waals surface area (Å²) in [4.78, 5) is 0. The van der Waals surface area contributed by atoms with Gasteiger partial charge in [-0.25, -0.2) is 8.78 Å². The highest BCUT2D eigenvalue weighted by molar-refractivity contribution is 5.13. The summed E-state index contributed by atoms with van der Waals surface area (Å²) in [7, 11) is 0. The highest BCUT2D eigenvalue weighted by Crippen LogP contribution is 2.62. The van der Waals surface area contributed by atoms with Crippen LogP contribution in [0.1, 0.15) is 0 Å². The average molecular weight is 420 g/mol. The monoisotopic (exact) mass is 420 g/mol. The van der Waals surface area contributed by atoms with Crippen molar-refractivity contribution >= 4 is 0 Å². The Hall–Kier alpha value is -1.19. The molecule has 0 bridgehead atoms. The second-order valence-corrected chi connectivity index (χ2v) is 4.29. The van der Waals surface area contributed by atoms with Gasteiger partial charge in [-0.15, -0.1) is 0 Å². The molecule has 0 radical (unpaired) electrons. The number of alkyl halides is 17. The summed E-state index contributed by atoms with van der Waals surface area (Å²) in [6.45, 7) is 0. The van der Waals surface area contributed by atoms with E-state index in [-0.39, 0.29) is 0 Å². The highest BCUT2D eigenvalue weighted by Gasteiger charge is 2.94. The van der Waals surface area contributed by atoms with Gasteiger partial charge in [-0.3, -0.25) is 0 Å². The molecule has 0 saturated heterocycles. The van der Waals surface area contributed by atoms with Gasteiger partial charge in [0.2, 0.25) is 0 Å². The molecule has 0 aromatic carbocycles. The van der Waals surface area contributed by atoms with E-state index in [1.54, 1.807) is 0 Å². The lowest BCUT2D eigenvalue weighted by Gasteiger charge is -2.41. The summed E-state index contributed by atoms with van der Waals surface area (Å²) in [6, 6.07) is 0. The first kappa shape index (κ1) is 23.8. The van der Waals surface area contributed by atoms with E-state index in [0.29, 0.717) is 0 Å². The van der Waals surface area contributed by atoms with Crippen molar-refractivity contribution in [3.05, 3.63) is 0 Å². The van der Waals surface area contributed by atoms with Crippen LogP contribution < -0.4 is 0 Å². The number of halogens is 17. The zero-order chi connectivity index (χ0) is 21.1. The SMILES string of the molecule is FC(F)C(F)(F)C(F)(F)C(F)(F)C(F)(F)C(F)(F)C(F)(F)C(F)(F)F. The van der Waals surface area contributed by atoms with Crippen molar-refractivity contribution in [3.8, 4) is 0 Å². The van der Waals surface area contributed by atoms with Crippen LogP contribution in [0.4, 0.5) is 74.6 Å². The first-order valence-electron chi connectivity index (χ1n) is 5.06. The Bertz CT molecular complexity index is 481. The summed E-state index contributed by atoms with van der Waals surface area (Å²) in [5.41, 5.74) is 0. The van der Waals surface area contributed by atoms with Gasteiger partial charge in [0, 0.05) is 0 Å². The third-order valence-electron chi connectivity index (χ3n) is 2.63. The molecule has 17 heteroatoms. The Morgan fingerprint density at radius 3 is 0.840 bits per heavy atom. The first-order chi connectivity index (χ1) is 10.4. The molecular weight excluding hydrogens is 419 g/mol. The molecular formula is C8HF17. The molecule has 0 aliphatic rings. The molecule has 0 aliphatic carbocycles. The summed E-state index contributed by atoms with van der Waals surface area (Å²) >= 11 is 0. The van der Waals surface area contributed by atoms with Crippen molar-refractivity contribution in [2.45, 2.75) is 48.1 Å². The number of hydrogen-bond donors (Lipinski definition) is 0. The van der Waals surface area contributed by atoms with E-state index in [1.165, 1.54) is 0 Å². The quantitative estimate of drug-likeness (QED) is 0.489. The van der Waals surface area contributed by atoms with Crippen LogP contribution in [0.2, 0.25) is 0 Å². The van der Waals surface area contributed by atoms with Crippen LogP contribution in [-0.4, -0.2) is 48.1 Å². The van der Waals surface area contributed by atoms with Gasteiger partial charge in [0.05, 0.1) is 0 Å². The Balaban J connectivity index is 6.50. The molecule has 0 nitrogen and oxygen atoms in total. The van der Waals surface area contributed by atoms with Crippen LogP contribution in [0.3, 0.4) is 0 Å². The van der Waals surface area contributed by atoms with Crippen molar-refractivity contribution in [1.29, 1.82) is 0 Å². The lowest BCUT2D eigenvalue weighted by Crippen LogP contribution is -2.73. The van der Waals surface area contributed by atoms with E-state index in [1.807, 2.05) is 0 Å². The maximum absolute atomic E-state index is 12.8. The maximum Gasteiger partial charge on any atom is 0.460 e. The molecule has 152 valence electrons. The molecule has 0 saturated carbocycles. The zero-order valence-electron chi connectivity index (χ0n) is 10.5. The lowest BCUT2D eigenvalue weighted by atomic mass is 9.91. The Morgan fingerprint density at radius 2 is 0.600 bits per heavy atom. The average Bonchev–Trinajstić information content (AvgIpc) is 2.35. The maximum atomic E-state index is 12.8. The normalized spacial score (nSPS) is 16.6. The molecule has 0 aromatic rings. The minimum absolute atomic E-state index is 5.90. The summed E-state index contributed by atoms with van der Waals surface area (Å²) < 4.78 is 209. The van der Waals surface area contributed by atoms with Gasteiger partial charge >= 0.3 is 48.1 Å². The molecule has 25 heavy (non-hydrogen) atoms. The molecule has 0 N–H and O–H groups in total. The van der Waals surface area contributed by atoms with E-state index < -0.39 is 48.1 Å². The van der Waals surface area contributed by atoms with Crippen LogP contribution in [0.5, 0.6) is 0 Å². The van der Waals surface area contributed by atoms with Crippen molar-refractivity contribution in [1.82, 2.24) is 0 Å². The van der Waals surface area contributed by atoms with Crippen molar-refractivity contribution in [2.75, 3.05) is 0 Å². The topological polar surface area (TPSA) is 0 Å². The predicted octanol–water partition coefficient (Wildman–Crippen LogP) is 5.63. The minimum Gasteiger partial charge on any atom is -0.203 e. The fourth-order valence-electron chi connectivity index (χ4n) is 1.12. The molecule has 0 atom stereocenters. The van der Waals surface area contributed by atoms with Crippen LogP contribution in [0.25, 0.3) is 0 Å². The highest BCUT2D eigenvalue weighted by atomic mass is 19.4. The largest absolute Gasteiger partial charge is 0.460 e. The van der Waals surface area contributed by atoms with E-state index in [2.05, 4.69) is 0 Å². The van der Waals surface area contributed by atoms with Crippen molar-refractivity contribution in [3.63, 3.8) is 0 Å². The van der Waals surface area contributed by atoms with Crippen LogP contribution in [-0.2, 0) is 0 Å². The molecule has 0 rings (SSSR count). The zero-order valence-corrected chi connectivity index (χ0v) is 10.5. The number of rotatable bonds is 6. The van der Waals surface area contributed by atoms with Gasteiger partial charge in [0.25, 0.3) is 0 Å². The number of hydrogen-bond acceptors (Lipinski definition) is 0. The summed E-state index contributed by atoms with van der Waals surface area (Å²) in [6.07, 6.45) is -13.6. The third kappa shape index (κ3) is 2.86. The van der Waals surface area contributed by atoms with Gasteiger partial charge in [0.15, 0.2) is 0 Å². The standard InChI is InChI=1S/C8HF17/c9-1(10)2(11,12)3(13,14)4(15,16)5(17,18)6(19,20)7(21,22)8(23,24)25/h1H. The van der Waals surface area contributed by atoms with E-state index in [9.17, 15) is 74.6 Å². The molecule has 0 spiro atoms. The van der Waals surface area contributed by atoms with Gasteiger partial charge in [-0.05, 0) is 0 Å². The van der Waals surface area contributed by atoms with Gasteiger partial charge < -0.3 is 0 Å². The Morgan fingerprint density at radius 1 is 0.360 bits per heavy atom. The Kier molecular flexibility index (Phi) is 5.38. The van der Waals surface area contributed by atoms with Gasteiger partial charge in [-0.1, -0.05) is 0 Å². The van der Waals surface area contributed by atoms with E-state index in [0.717, 1.165) is 0 Å². The fourth-order valence-corrected chi connectivity index (χ4v) is 1.12.